The fourth-order valence-electron chi connectivity index (χ4n) is 3.89. The van der Waals surface area contributed by atoms with Gasteiger partial charge in [-0.05, 0) is 37.1 Å². The summed E-state index contributed by atoms with van der Waals surface area (Å²) in [5, 5.41) is 12.7. The standard InChI is InChI=1S/C25H32N6O2S/c1-20-9-6-7-12-22(20)31-24(30-15-17-33-18-16-30)27-28-25(31)34-19-23(32)26-13-8-14-29(2)21-10-4-3-5-11-21/h3-7,9-12H,8,13-19H2,1-2H3,(H,26,32). The van der Waals surface area contributed by atoms with Crippen LogP contribution in [0.1, 0.15) is 12.0 Å². The Morgan fingerprint density at radius 1 is 1.09 bits per heavy atom. The van der Waals surface area contributed by atoms with Crippen LogP contribution in [0.2, 0.25) is 0 Å². The molecule has 1 N–H and O–H groups in total. The van der Waals surface area contributed by atoms with E-state index in [1.807, 2.05) is 30.3 Å². The first-order valence-electron chi connectivity index (χ1n) is 11.6. The number of aromatic nitrogens is 3. The number of benzene rings is 2. The third-order valence-corrected chi connectivity index (χ3v) is 6.72. The number of anilines is 2. The van der Waals surface area contributed by atoms with Gasteiger partial charge in [0.1, 0.15) is 0 Å². The number of hydrogen-bond acceptors (Lipinski definition) is 7. The first-order valence-corrected chi connectivity index (χ1v) is 12.6. The van der Waals surface area contributed by atoms with E-state index in [-0.39, 0.29) is 5.91 Å². The van der Waals surface area contributed by atoms with Crippen molar-refractivity contribution in [1.82, 2.24) is 20.1 Å². The summed E-state index contributed by atoms with van der Waals surface area (Å²) in [4.78, 5) is 16.9. The van der Waals surface area contributed by atoms with E-state index in [0.29, 0.717) is 25.5 Å². The number of carbonyl (C=O) groups is 1. The zero-order valence-corrected chi connectivity index (χ0v) is 20.6. The molecule has 1 aliphatic heterocycles. The zero-order chi connectivity index (χ0) is 23.8. The number of nitrogens with one attached hydrogen (secondary N) is 1. The van der Waals surface area contributed by atoms with E-state index in [4.69, 9.17) is 4.74 Å². The lowest BCUT2D eigenvalue weighted by atomic mass is 10.2. The monoisotopic (exact) mass is 480 g/mol. The molecule has 0 aliphatic carbocycles. The lowest BCUT2D eigenvalue weighted by Gasteiger charge is -2.28. The molecule has 9 heteroatoms. The summed E-state index contributed by atoms with van der Waals surface area (Å²) in [7, 11) is 2.07. The van der Waals surface area contributed by atoms with Crippen molar-refractivity contribution in [2.24, 2.45) is 0 Å². The van der Waals surface area contributed by atoms with Crippen LogP contribution in [-0.2, 0) is 9.53 Å². The Morgan fingerprint density at radius 3 is 2.59 bits per heavy atom. The lowest BCUT2D eigenvalue weighted by Crippen LogP contribution is -2.38. The molecule has 8 nitrogen and oxygen atoms in total. The number of aryl methyl sites for hydroxylation is 1. The number of ether oxygens (including phenoxy) is 1. The van der Waals surface area contributed by atoms with Crippen molar-refractivity contribution in [2.45, 2.75) is 18.5 Å². The lowest BCUT2D eigenvalue weighted by molar-refractivity contribution is -0.118. The molecular formula is C25H32N6O2S. The van der Waals surface area contributed by atoms with E-state index in [1.54, 1.807) is 0 Å². The number of para-hydroxylation sites is 2. The third kappa shape index (κ3) is 6.09. The van der Waals surface area contributed by atoms with Gasteiger partial charge in [-0.2, -0.15) is 0 Å². The Morgan fingerprint density at radius 2 is 1.82 bits per heavy atom. The van der Waals surface area contributed by atoms with Gasteiger partial charge in [-0.25, -0.2) is 0 Å². The van der Waals surface area contributed by atoms with Crippen LogP contribution in [-0.4, -0.2) is 72.9 Å². The molecule has 2 heterocycles. The predicted octanol–water partition coefficient (Wildman–Crippen LogP) is 3.15. The summed E-state index contributed by atoms with van der Waals surface area (Å²) < 4.78 is 7.57. The second kappa shape index (κ2) is 11.9. The van der Waals surface area contributed by atoms with Gasteiger partial charge in [-0.3, -0.25) is 9.36 Å². The van der Waals surface area contributed by atoms with Crippen LogP contribution in [0.4, 0.5) is 11.6 Å². The van der Waals surface area contributed by atoms with E-state index < -0.39 is 0 Å². The summed E-state index contributed by atoms with van der Waals surface area (Å²) in [5.41, 5.74) is 3.34. The maximum Gasteiger partial charge on any atom is 0.232 e. The zero-order valence-electron chi connectivity index (χ0n) is 19.8. The number of rotatable bonds is 10. The molecule has 0 bridgehead atoms. The summed E-state index contributed by atoms with van der Waals surface area (Å²) in [5.74, 6) is 1.09. The predicted molar refractivity (Wildman–Crippen MR) is 137 cm³/mol. The minimum atomic E-state index is -0.000352. The molecule has 1 amide bonds. The van der Waals surface area contributed by atoms with Crippen molar-refractivity contribution in [1.29, 1.82) is 0 Å². The first kappa shape index (κ1) is 24.1. The SMILES string of the molecule is Cc1ccccc1-n1c(SCC(=O)NCCCN(C)c2ccccc2)nnc1N1CCOCC1. The Labute approximate surface area is 205 Å². The van der Waals surface area contributed by atoms with E-state index in [9.17, 15) is 4.79 Å². The highest BCUT2D eigenvalue weighted by Crippen LogP contribution is 2.28. The van der Waals surface area contributed by atoms with Crippen LogP contribution < -0.4 is 15.1 Å². The van der Waals surface area contributed by atoms with Crippen molar-refractivity contribution >= 4 is 29.3 Å². The number of nitrogens with zero attached hydrogens (tertiary/aromatic N) is 5. The van der Waals surface area contributed by atoms with Gasteiger partial charge >= 0.3 is 0 Å². The molecule has 180 valence electrons. The largest absolute Gasteiger partial charge is 0.378 e. The Balaban J connectivity index is 1.34. The minimum Gasteiger partial charge on any atom is -0.378 e. The number of hydrogen-bond donors (Lipinski definition) is 1. The average Bonchev–Trinajstić information content (AvgIpc) is 3.30. The van der Waals surface area contributed by atoms with Gasteiger partial charge in [0.05, 0.1) is 24.7 Å². The maximum atomic E-state index is 12.5. The number of carbonyl (C=O) groups excluding carboxylic acids is 1. The van der Waals surface area contributed by atoms with Crippen molar-refractivity contribution in [3.8, 4) is 5.69 Å². The Bertz CT molecular complexity index is 1070. The molecule has 2 aromatic carbocycles. The molecule has 0 saturated carbocycles. The third-order valence-electron chi connectivity index (χ3n) is 5.79. The highest BCUT2D eigenvalue weighted by molar-refractivity contribution is 7.99. The van der Waals surface area contributed by atoms with E-state index in [0.717, 1.165) is 48.4 Å². The van der Waals surface area contributed by atoms with Crippen molar-refractivity contribution in [2.75, 3.05) is 62.0 Å². The maximum absolute atomic E-state index is 12.5. The minimum absolute atomic E-state index is 0.000352. The second-order valence-corrected chi connectivity index (χ2v) is 9.20. The Kier molecular flexibility index (Phi) is 8.43. The van der Waals surface area contributed by atoms with E-state index >= 15 is 0 Å². The van der Waals surface area contributed by atoms with Gasteiger partial charge < -0.3 is 19.9 Å². The topological polar surface area (TPSA) is 75.5 Å². The van der Waals surface area contributed by atoms with Crippen molar-refractivity contribution in [3.05, 3.63) is 60.2 Å². The normalized spacial score (nSPS) is 13.6. The summed E-state index contributed by atoms with van der Waals surface area (Å²) in [6.45, 7) is 6.48. The fraction of sp³-hybridized carbons (Fsp3) is 0.400. The van der Waals surface area contributed by atoms with Crippen molar-refractivity contribution in [3.63, 3.8) is 0 Å². The fourth-order valence-corrected chi connectivity index (χ4v) is 4.66. The van der Waals surface area contributed by atoms with Crippen LogP contribution in [0.5, 0.6) is 0 Å². The quantitative estimate of drug-likeness (QED) is 0.353. The Hall–Kier alpha value is -3.04. The highest BCUT2D eigenvalue weighted by atomic mass is 32.2. The average molecular weight is 481 g/mol. The molecule has 0 spiro atoms. The summed E-state index contributed by atoms with van der Waals surface area (Å²) in [6.07, 6.45) is 0.877. The molecule has 0 radical (unpaired) electrons. The molecule has 3 aromatic rings. The van der Waals surface area contributed by atoms with Gasteiger partial charge in [-0.15, -0.1) is 10.2 Å². The number of amides is 1. The number of morpholine rings is 1. The molecule has 4 rings (SSSR count). The molecular weight excluding hydrogens is 448 g/mol. The van der Waals surface area contributed by atoms with Gasteiger partial charge in [0.2, 0.25) is 11.9 Å². The van der Waals surface area contributed by atoms with Gasteiger partial charge in [0.15, 0.2) is 5.16 Å². The summed E-state index contributed by atoms with van der Waals surface area (Å²) >= 11 is 1.41. The molecule has 34 heavy (non-hydrogen) atoms. The number of thioether (sulfide) groups is 1. The molecule has 1 aromatic heterocycles. The van der Waals surface area contributed by atoms with Gasteiger partial charge in [0.25, 0.3) is 0 Å². The van der Waals surface area contributed by atoms with Crippen LogP contribution in [0.3, 0.4) is 0 Å². The van der Waals surface area contributed by atoms with Crippen LogP contribution in [0, 0.1) is 6.92 Å². The molecule has 1 aliphatic rings. The molecule has 1 fully saturated rings. The van der Waals surface area contributed by atoms with Gasteiger partial charge in [-0.1, -0.05) is 48.2 Å². The summed E-state index contributed by atoms with van der Waals surface area (Å²) in [6, 6.07) is 18.4. The molecule has 0 atom stereocenters. The highest BCUT2D eigenvalue weighted by Gasteiger charge is 2.23. The van der Waals surface area contributed by atoms with E-state index in [1.165, 1.54) is 17.4 Å². The van der Waals surface area contributed by atoms with Crippen LogP contribution in [0.15, 0.2) is 59.8 Å². The van der Waals surface area contributed by atoms with E-state index in [2.05, 4.69) is 68.1 Å². The first-order chi connectivity index (χ1) is 16.6. The van der Waals surface area contributed by atoms with Crippen LogP contribution in [0.25, 0.3) is 5.69 Å². The molecule has 0 unspecified atom stereocenters. The smallest absolute Gasteiger partial charge is 0.232 e. The second-order valence-electron chi connectivity index (χ2n) is 8.25. The van der Waals surface area contributed by atoms with Crippen molar-refractivity contribution < 1.29 is 9.53 Å². The molecule has 1 saturated heterocycles. The van der Waals surface area contributed by atoms with Crippen LogP contribution >= 0.6 is 11.8 Å². The van der Waals surface area contributed by atoms with Gasteiger partial charge in [0, 0.05) is 38.9 Å².